The van der Waals surface area contributed by atoms with E-state index in [4.69, 9.17) is 14.7 Å². The highest BCUT2D eigenvalue weighted by Crippen LogP contribution is 2.27. The van der Waals surface area contributed by atoms with E-state index in [0.717, 1.165) is 34.5 Å². The van der Waals surface area contributed by atoms with Crippen molar-refractivity contribution in [2.75, 3.05) is 18.0 Å². The number of piperidine rings is 1. The number of ether oxygens (including phenoxy) is 1. The Labute approximate surface area is 260 Å². The summed E-state index contributed by atoms with van der Waals surface area (Å²) in [5.74, 6) is 6.52. The van der Waals surface area contributed by atoms with Crippen LogP contribution in [0.1, 0.15) is 46.2 Å². The number of fused-ring (bicyclic) bond motifs is 4. The number of rotatable bonds is 5. The van der Waals surface area contributed by atoms with Gasteiger partial charge in [0.1, 0.15) is 5.60 Å². The highest BCUT2D eigenvalue weighted by atomic mass is 16.6. The summed E-state index contributed by atoms with van der Waals surface area (Å²) in [7, 11) is 1.63. The molecule has 1 fully saturated rings. The SMILES string of the molecule is CC#CCn1c(N2CCCC(NC(=O)OC(C)(C)C)C2)nc2c1c(=O)n(Cc1nc3ccccc3c3ccccc13)c(=O)n2C. The van der Waals surface area contributed by atoms with E-state index in [1.165, 1.54) is 9.13 Å². The molecule has 6 rings (SSSR count). The molecule has 1 unspecified atom stereocenters. The number of carbonyl (C=O) groups excluding carboxylic acids is 1. The number of hydrogen-bond donors (Lipinski definition) is 1. The first-order valence-electron chi connectivity index (χ1n) is 15.2. The van der Waals surface area contributed by atoms with Gasteiger partial charge in [-0.1, -0.05) is 48.4 Å². The van der Waals surface area contributed by atoms with Crippen LogP contribution in [0.3, 0.4) is 0 Å². The number of para-hydroxylation sites is 1. The van der Waals surface area contributed by atoms with Crippen LogP contribution in [0.15, 0.2) is 58.1 Å². The Morgan fingerprint density at radius 1 is 1.02 bits per heavy atom. The molecule has 0 radical (unpaired) electrons. The molecule has 1 saturated heterocycles. The molecule has 0 spiro atoms. The van der Waals surface area contributed by atoms with E-state index >= 15 is 0 Å². The van der Waals surface area contributed by atoms with Crippen molar-refractivity contribution in [1.29, 1.82) is 0 Å². The third-order valence-corrected chi connectivity index (χ3v) is 8.05. The van der Waals surface area contributed by atoms with E-state index in [1.807, 2.05) is 74.2 Å². The van der Waals surface area contributed by atoms with Crippen LogP contribution < -0.4 is 21.5 Å². The van der Waals surface area contributed by atoms with E-state index in [0.29, 0.717) is 30.2 Å². The van der Waals surface area contributed by atoms with Gasteiger partial charge in [0.05, 0.1) is 24.3 Å². The number of imidazole rings is 1. The summed E-state index contributed by atoms with van der Waals surface area (Å²) in [6.07, 6.45) is 1.11. The molecule has 0 bridgehead atoms. The van der Waals surface area contributed by atoms with Crippen LogP contribution in [0.25, 0.3) is 32.8 Å². The fraction of sp³-hybridized carbons (Fsp3) is 0.382. The number of nitrogens with one attached hydrogen (secondary N) is 1. The first kappa shape index (κ1) is 29.9. The zero-order valence-electron chi connectivity index (χ0n) is 26.3. The Bertz CT molecular complexity index is 2120. The van der Waals surface area contributed by atoms with Crippen molar-refractivity contribution in [3.8, 4) is 11.8 Å². The summed E-state index contributed by atoms with van der Waals surface area (Å²) in [6.45, 7) is 8.57. The predicted molar refractivity (Wildman–Crippen MR) is 176 cm³/mol. The fourth-order valence-electron chi connectivity index (χ4n) is 6.04. The maximum atomic E-state index is 14.2. The molecule has 1 aliphatic rings. The predicted octanol–water partition coefficient (Wildman–Crippen LogP) is 4.16. The Morgan fingerprint density at radius 3 is 2.47 bits per heavy atom. The van der Waals surface area contributed by atoms with Gasteiger partial charge in [-0.3, -0.25) is 23.5 Å². The van der Waals surface area contributed by atoms with Gasteiger partial charge in [0, 0.05) is 37.0 Å². The highest BCUT2D eigenvalue weighted by molar-refractivity contribution is 6.06. The molecule has 11 heteroatoms. The van der Waals surface area contributed by atoms with Crippen LogP contribution in [-0.4, -0.2) is 54.5 Å². The lowest BCUT2D eigenvalue weighted by Crippen LogP contribution is -2.49. The van der Waals surface area contributed by atoms with Crippen molar-refractivity contribution in [1.82, 2.24) is 29.0 Å². The number of anilines is 1. The Balaban J connectivity index is 1.44. The Kier molecular flexibility index (Phi) is 7.83. The largest absolute Gasteiger partial charge is 0.444 e. The van der Waals surface area contributed by atoms with Crippen molar-refractivity contribution in [2.24, 2.45) is 7.05 Å². The van der Waals surface area contributed by atoms with Gasteiger partial charge >= 0.3 is 11.8 Å². The lowest BCUT2D eigenvalue weighted by atomic mass is 10.0. The summed E-state index contributed by atoms with van der Waals surface area (Å²) in [5.41, 5.74) is 0.466. The first-order chi connectivity index (χ1) is 21.6. The quantitative estimate of drug-likeness (QED) is 0.236. The number of hydrogen-bond acceptors (Lipinski definition) is 7. The van der Waals surface area contributed by atoms with E-state index in [2.05, 4.69) is 17.2 Å². The van der Waals surface area contributed by atoms with E-state index < -0.39 is 22.9 Å². The monoisotopic (exact) mass is 607 g/mol. The summed E-state index contributed by atoms with van der Waals surface area (Å²) in [6, 6.07) is 15.6. The van der Waals surface area contributed by atoms with Gasteiger partial charge in [-0.25, -0.2) is 9.59 Å². The number of benzene rings is 2. The number of carbonyl (C=O) groups is 1. The lowest BCUT2D eigenvalue weighted by molar-refractivity contribution is 0.0499. The Hall–Kier alpha value is -5.11. The van der Waals surface area contributed by atoms with Crippen molar-refractivity contribution >= 4 is 44.9 Å². The molecule has 45 heavy (non-hydrogen) atoms. The fourth-order valence-corrected chi connectivity index (χ4v) is 6.04. The second-order valence-corrected chi connectivity index (χ2v) is 12.4. The molecule has 0 aliphatic carbocycles. The molecule has 0 saturated carbocycles. The number of amides is 1. The normalized spacial score (nSPS) is 15.3. The maximum Gasteiger partial charge on any atom is 0.407 e. The topological polar surface area (TPSA) is 116 Å². The molecule has 4 heterocycles. The standard InChI is InChI=1S/C34H37N7O4/c1-6-7-19-40-28-29(37-31(40)39-18-12-13-22(20-39)35-32(43)45-34(2,3)4)38(5)33(44)41(30(28)42)21-27-25-16-9-8-14-23(25)24-15-10-11-17-26(24)36-27/h8-11,14-17,22H,12-13,18-21H2,1-5H3,(H,35,43). The van der Waals surface area contributed by atoms with Crippen LogP contribution in [0.5, 0.6) is 0 Å². The first-order valence-corrected chi connectivity index (χ1v) is 15.2. The van der Waals surface area contributed by atoms with Crippen LogP contribution in [0.4, 0.5) is 10.7 Å². The van der Waals surface area contributed by atoms with Crippen molar-refractivity contribution in [3.05, 3.63) is 75.1 Å². The molecule has 2 aromatic carbocycles. The van der Waals surface area contributed by atoms with Crippen molar-refractivity contribution in [2.45, 2.75) is 65.3 Å². The minimum absolute atomic E-state index is 0.00163. The molecule has 232 valence electrons. The number of alkyl carbamates (subject to hydrolysis) is 1. The van der Waals surface area contributed by atoms with E-state index in [-0.39, 0.29) is 24.8 Å². The zero-order valence-corrected chi connectivity index (χ0v) is 26.3. The van der Waals surface area contributed by atoms with Gasteiger partial charge in [0.2, 0.25) is 5.95 Å². The van der Waals surface area contributed by atoms with Gasteiger partial charge in [0.25, 0.3) is 5.56 Å². The second kappa shape index (κ2) is 11.8. The molecule has 5 aromatic rings. The second-order valence-electron chi connectivity index (χ2n) is 12.4. The van der Waals surface area contributed by atoms with Crippen molar-refractivity contribution in [3.63, 3.8) is 0 Å². The third-order valence-electron chi connectivity index (χ3n) is 8.05. The molecular weight excluding hydrogens is 570 g/mol. The van der Waals surface area contributed by atoms with Crippen LogP contribution in [0.2, 0.25) is 0 Å². The highest BCUT2D eigenvalue weighted by Gasteiger charge is 2.29. The molecule has 1 N–H and O–H groups in total. The summed E-state index contributed by atoms with van der Waals surface area (Å²) < 4.78 is 9.90. The number of nitrogens with zero attached hydrogens (tertiary/aromatic N) is 6. The van der Waals surface area contributed by atoms with Crippen molar-refractivity contribution < 1.29 is 9.53 Å². The summed E-state index contributed by atoms with van der Waals surface area (Å²) in [5, 5.41) is 5.87. The molecule has 11 nitrogen and oxygen atoms in total. The summed E-state index contributed by atoms with van der Waals surface area (Å²) >= 11 is 0. The average molecular weight is 608 g/mol. The average Bonchev–Trinajstić information content (AvgIpc) is 3.40. The van der Waals surface area contributed by atoms with Gasteiger partial charge in [-0.15, -0.1) is 5.92 Å². The zero-order chi connectivity index (χ0) is 31.9. The van der Waals surface area contributed by atoms with Gasteiger partial charge in [0.15, 0.2) is 11.2 Å². The van der Waals surface area contributed by atoms with E-state index in [1.54, 1.807) is 18.5 Å². The lowest BCUT2D eigenvalue weighted by Gasteiger charge is -2.34. The van der Waals surface area contributed by atoms with Crippen LogP contribution in [0, 0.1) is 11.8 Å². The minimum Gasteiger partial charge on any atom is -0.444 e. The molecule has 1 aliphatic heterocycles. The number of aryl methyl sites for hydroxylation is 1. The minimum atomic E-state index is -0.607. The Morgan fingerprint density at radius 2 is 1.73 bits per heavy atom. The third kappa shape index (κ3) is 5.76. The van der Waals surface area contributed by atoms with E-state index in [9.17, 15) is 14.4 Å². The smallest absolute Gasteiger partial charge is 0.407 e. The van der Waals surface area contributed by atoms with Crippen LogP contribution >= 0.6 is 0 Å². The molecule has 1 amide bonds. The molecular formula is C34H37N7O4. The number of aromatic nitrogens is 5. The molecule has 1 atom stereocenters. The number of pyridine rings is 1. The summed E-state index contributed by atoms with van der Waals surface area (Å²) in [4.78, 5) is 52.3. The van der Waals surface area contributed by atoms with Crippen LogP contribution in [-0.2, 0) is 24.9 Å². The molecule has 3 aromatic heterocycles. The van der Waals surface area contributed by atoms with Gasteiger partial charge in [-0.05, 0) is 52.0 Å². The van der Waals surface area contributed by atoms with Gasteiger partial charge in [-0.2, -0.15) is 4.98 Å². The maximum absolute atomic E-state index is 14.2. The van der Waals surface area contributed by atoms with Gasteiger partial charge < -0.3 is 15.0 Å².